The second kappa shape index (κ2) is 11.4. The SMILES string of the molecule is CCCCNC(=O)[C@@H](CC)N(Cc1ccccc1C)C(=O)Cc1cccc(C)c1. The summed E-state index contributed by atoms with van der Waals surface area (Å²) in [5, 5.41) is 3.01. The summed E-state index contributed by atoms with van der Waals surface area (Å²) in [6, 6.07) is 15.6. The summed E-state index contributed by atoms with van der Waals surface area (Å²) in [7, 11) is 0. The van der Waals surface area contributed by atoms with Crippen LogP contribution in [0.25, 0.3) is 0 Å². The van der Waals surface area contributed by atoms with Crippen LogP contribution < -0.4 is 5.32 Å². The molecular formula is C25H34N2O2. The van der Waals surface area contributed by atoms with Crippen molar-refractivity contribution in [3.8, 4) is 0 Å². The van der Waals surface area contributed by atoms with Gasteiger partial charge in [-0.15, -0.1) is 0 Å². The predicted octanol–water partition coefficient (Wildman–Crippen LogP) is 4.57. The summed E-state index contributed by atoms with van der Waals surface area (Å²) in [5.41, 5.74) is 4.31. The third kappa shape index (κ3) is 6.74. The molecule has 0 aliphatic carbocycles. The number of carbonyl (C=O) groups excluding carboxylic acids is 2. The number of carbonyl (C=O) groups is 2. The summed E-state index contributed by atoms with van der Waals surface area (Å²) >= 11 is 0. The molecule has 0 unspecified atom stereocenters. The number of unbranched alkanes of at least 4 members (excludes halogenated alkanes) is 1. The van der Waals surface area contributed by atoms with Gasteiger partial charge in [0.2, 0.25) is 11.8 Å². The molecule has 2 aromatic carbocycles. The van der Waals surface area contributed by atoms with Gasteiger partial charge in [0, 0.05) is 13.1 Å². The Morgan fingerprint density at radius 3 is 2.45 bits per heavy atom. The van der Waals surface area contributed by atoms with Gasteiger partial charge < -0.3 is 10.2 Å². The van der Waals surface area contributed by atoms with Crippen LogP contribution in [0.1, 0.15) is 55.4 Å². The maximum Gasteiger partial charge on any atom is 0.242 e. The molecule has 1 N–H and O–H groups in total. The molecule has 2 amide bonds. The number of benzene rings is 2. The number of aryl methyl sites for hydroxylation is 2. The van der Waals surface area contributed by atoms with Crippen LogP contribution in [0, 0.1) is 13.8 Å². The van der Waals surface area contributed by atoms with Gasteiger partial charge in [-0.25, -0.2) is 0 Å². The maximum absolute atomic E-state index is 13.3. The third-order valence-electron chi connectivity index (χ3n) is 5.26. The van der Waals surface area contributed by atoms with Crippen molar-refractivity contribution in [2.45, 2.75) is 66.0 Å². The Hall–Kier alpha value is -2.62. The fourth-order valence-corrected chi connectivity index (χ4v) is 3.49. The molecule has 0 saturated heterocycles. The fourth-order valence-electron chi connectivity index (χ4n) is 3.49. The highest BCUT2D eigenvalue weighted by atomic mass is 16.2. The number of hydrogen-bond acceptors (Lipinski definition) is 2. The van der Waals surface area contributed by atoms with Gasteiger partial charge in [0.15, 0.2) is 0 Å². The van der Waals surface area contributed by atoms with Crippen LogP contribution in [0.5, 0.6) is 0 Å². The lowest BCUT2D eigenvalue weighted by atomic mass is 10.0. The Balaban J connectivity index is 2.26. The Labute approximate surface area is 175 Å². The van der Waals surface area contributed by atoms with E-state index in [2.05, 4.69) is 12.2 Å². The molecule has 0 heterocycles. The van der Waals surface area contributed by atoms with Gasteiger partial charge in [0.1, 0.15) is 6.04 Å². The zero-order chi connectivity index (χ0) is 21.2. The molecule has 0 fully saturated rings. The highest BCUT2D eigenvalue weighted by Gasteiger charge is 2.28. The second-order valence-corrected chi connectivity index (χ2v) is 7.68. The van der Waals surface area contributed by atoms with E-state index in [1.807, 2.05) is 69.3 Å². The smallest absolute Gasteiger partial charge is 0.242 e. The first kappa shape index (κ1) is 22.7. The number of hydrogen-bond donors (Lipinski definition) is 1. The molecule has 0 aromatic heterocycles. The zero-order valence-corrected chi connectivity index (χ0v) is 18.2. The van der Waals surface area contributed by atoms with E-state index in [1.165, 1.54) is 0 Å². The topological polar surface area (TPSA) is 49.4 Å². The number of rotatable bonds is 10. The van der Waals surface area contributed by atoms with E-state index < -0.39 is 6.04 Å². The van der Waals surface area contributed by atoms with Gasteiger partial charge in [0.05, 0.1) is 6.42 Å². The summed E-state index contributed by atoms with van der Waals surface area (Å²) in [6.07, 6.45) is 2.85. The average molecular weight is 395 g/mol. The summed E-state index contributed by atoms with van der Waals surface area (Å²) in [4.78, 5) is 27.9. The Kier molecular flexibility index (Phi) is 8.91. The Bertz CT molecular complexity index is 816. The van der Waals surface area contributed by atoms with Crippen molar-refractivity contribution in [1.82, 2.24) is 10.2 Å². The molecule has 0 saturated carbocycles. The van der Waals surface area contributed by atoms with Crippen molar-refractivity contribution in [2.75, 3.05) is 6.54 Å². The van der Waals surface area contributed by atoms with Crippen LogP contribution >= 0.6 is 0 Å². The lowest BCUT2D eigenvalue weighted by Gasteiger charge is -2.31. The van der Waals surface area contributed by atoms with Gasteiger partial charge in [0.25, 0.3) is 0 Å². The van der Waals surface area contributed by atoms with Crippen LogP contribution in [-0.2, 0) is 22.6 Å². The standard InChI is InChI=1S/C25H34N2O2/c1-5-7-15-26-25(29)23(6-2)27(18-22-14-9-8-12-20(22)4)24(28)17-21-13-10-11-19(3)16-21/h8-14,16,23H,5-7,15,17-18H2,1-4H3,(H,26,29)/t23-/m1/s1. The van der Waals surface area contributed by atoms with Crippen LogP contribution in [0.4, 0.5) is 0 Å². The van der Waals surface area contributed by atoms with E-state index >= 15 is 0 Å². The van der Waals surface area contributed by atoms with Crippen molar-refractivity contribution in [3.63, 3.8) is 0 Å². The predicted molar refractivity (Wildman–Crippen MR) is 119 cm³/mol. The largest absolute Gasteiger partial charge is 0.354 e. The molecule has 2 rings (SSSR count). The first-order valence-corrected chi connectivity index (χ1v) is 10.6. The minimum absolute atomic E-state index is 0.0173. The maximum atomic E-state index is 13.3. The van der Waals surface area contributed by atoms with Crippen molar-refractivity contribution in [1.29, 1.82) is 0 Å². The molecule has 4 nitrogen and oxygen atoms in total. The first-order chi connectivity index (χ1) is 14.0. The van der Waals surface area contributed by atoms with E-state index in [1.54, 1.807) is 4.90 Å². The second-order valence-electron chi connectivity index (χ2n) is 7.68. The van der Waals surface area contributed by atoms with Gasteiger partial charge in [-0.05, 0) is 43.4 Å². The van der Waals surface area contributed by atoms with Gasteiger partial charge in [-0.2, -0.15) is 0 Å². The van der Waals surface area contributed by atoms with Crippen LogP contribution in [0.15, 0.2) is 48.5 Å². The van der Waals surface area contributed by atoms with Crippen LogP contribution in [0.2, 0.25) is 0 Å². The highest BCUT2D eigenvalue weighted by Crippen LogP contribution is 2.17. The molecule has 4 heteroatoms. The average Bonchev–Trinajstić information content (AvgIpc) is 2.69. The molecule has 0 radical (unpaired) electrons. The minimum Gasteiger partial charge on any atom is -0.354 e. The molecule has 0 bridgehead atoms. The first-order valence-electron chi connectivity index (χ1n) is 10.6. The molecule has 2 aromatic rings. The summed E-state index contributed by atoms with van der Waals surface area (Å²) in [6.45, 7) is 9.22. The zero-order valence-electron chi connectivity index (χ0n) is 18.2. The minimum atomic E-state index is -0.469. The van der Waals surface area contributed by atoms with Gasteiger partial charge in [-0.3, -0.25) is 9.59 Å². The van der Waals surface area contributed by atoms with Crippen molar-refractivity contribution in [3.05, 3.63) is 70.8 Å². The van der Waals surface area contributed by atoms with E-state index in [0.717, 1.165) is 35.1 Å². The van der Waals surface area contributed by atoms with E-state index in [4.69, 9.17) is 0 Å². The highest BCUT2D eigenvalue weighted by molar-refractivity contribution is 5.88. The summed E-state index contributed by atoms with van der Waals surface area (Å²) in [5.74, 6) is -0.0801. The molecule has 1 atom stereocenters. The third-order valence-corrected chi connectivity index (χ3v) is 5.26. The van der Waals surface area contributed by atoms with E-state index in [0.29, 0.717) is 25.9 Å². The number of nitrogens with one attached hydrogen (secondary N) is 1. The lowest BCUT2D eigenvalue weighted by molar-refractivity contribution is -0.140. The van der Waals surface area contributed by atoms with Crippen LogP contribution in [0.3, 0.4) is 0 Å². The lowest BCUT2D eigenvalue weighted by Crippen LogP contribution is -2.49. The normalized spacial score (nSPS) is 11.7. The van der Waals surface area contributed by atoms with Crippen molar-refractivity contribution < 1.29 is 9.59 Å². The molecule has 29 heavy (non-hydrogen) atoms. The van der Waals surface area contributed by atoms with E-state index in [9.17, 15) is 9.59 Å². The quantitative estimate of drug-likeness (QED) is 0.600. The number of amides is 2. The van der Waals surface area contributed by atoms with Crippen molar-refractivity contribution in [2.24, 2.45) is 0 Å². The Morgan fingerprint density at radius 1 is 1.03 bits per heavy atom. The molecule has 0 spiro atoms. The van der Waals surface area contributed by atoms with Crippen molar-refractivity contribution >= 4 is 11.8 Å². The molecule has 0 aliphatic rings. The monoisotopic (exact) mass is 394 g/mol. The van der Waals surface area contributed by atoms with Crippen LogP contribution in [-0.4, -0.2) is 29.3 Å². The Morgan fingerprint density at radius 2 is 1.79 bits per heavy atom. The van der Waals surface area contributed by atoms with Gasteiger partial charge >= 0.3 is 0 Å². The fraction of sp³-hybridized carbons (Fsp3) is 0.440. The summed E-state index contributed by atoms with van der Waals surface area (Å²) < 4.78 is 0. The van der Waals surface area contributed by atoms with E-state index in [-0.39, 0.29) is 11.8 Å². The number of nitrogens with zero attached hydrogens (tertiary/aromatic N) is 1. The molecule has 0 aliphatic heterocycles. The molecule has 156 valence electrons. The molecular weight excluding hydrogens is 360 g/mol. The van der Waals surface area contributed by atoms with Gasteiger partial charge in [-0.1, -0.05) is 74.4 Å².